The van der Waals surface area contributed by atoms with Crippen LogP contribution in [-0.4, -0.2) is 248 Å². The predicted molar refractivity (Wildman–Crippen MR) is 434 cm³/mol. The number of Topliss-reactive ketones (excluding diaryl/α,β-unsaturated/α-hetero) is 4. The Kier molecular flexibility index (Phi) is 32.4. The Morgan fingerprint density at radius 1 is 0.692 bits per heavy atom. The van der Waals surface area contributed by atoms with Crippen LogP contribution in [0.2, 0.25) is 5.15 Å². The number of rotatable bonds is 21. The van der Waals surface area contributed by atoms with Crippen molar-refractivity contribution in [3.63, 3.8) is 0 Å². The molecule has 1 N–H and O–H groups in total. The highest BCUT2D eigenvalue weighted by Crippen LogP contribution is 2.46. The van der Waals surface area contributed by atoms with Crippen molar-refractivity contribution in [1.82, 2.24) is 38.8 Å². The lowest BCUT2D eigenvalue weighted by molar-refractivity contribution is -0.295. The van der Waals surface area contributed by atoms with Gasteiger partial charge >= 0.3 is 30.1 Å². The lowest BCUT2D eigenvalue weighted by Crippen LogP contribution is -2.60. The summed E-state index contributed by atoms with van der Waals surface area (Å²) in [5.74, 6) is -10.7. The number of carbonyl (C=O) groups excluding carboxylic acids is 9. The van der Waals surface area contributed by atoms with E-state index in [-0.39, 0.29) is 73.7 Å². The van der Waals surface area contributed by atoms with Crippen molar-refractivity contribution in [2.45, 2.75) is 264 Å². The molecule has 1 aromatic carbocycles. The summed E-state index contributed by atoms with van der Waals surface area (Å²) in [4.78, 5) is 145. The first-order valence-corrected chi connectivity index (χ1v) is 40.9. The van der Waals surface area contributed by atoms with E-state index in [9.17, 15) is 48.3 Å². The van der Waals surface area contributed by atoms with Crippen molar-refractivity contribution >= 4 is 64.8 Å². The van der Waals surface area contributed by atoms with Crippen LogP contribution < -0.4 is 0 Å². The van der Waals surface area contributed by atoms with Gasteiger partial charge in [-0.15, -0.1) is 0 Å². The van der Waals surface area contributed by atoms with Gasteiger partial charge in [-0.2, -0.15) is 0 Å². The van der Waals surface area contributed by atoms with Gasteiger partial charge in [-0.3, -0.25) is 33.7 Å². The second kappa shape index (κ2) is 40.2. The molecule has 30 heteroatoms. The van der Waals surface area contributed by atoms with E-state index in [2.05, 4.69) is 28.1 Å². The molecule has 8 heterocycles. The van der Waals surface area contributed by atoms with Gasteiger partial charge in [0.15, 0.2) is 47.2 Å². The molecule has 3 aromatic heterocycles. The number of ketones is 4. The predicted octanol–water partition coefficient (Wildman–Crippen LogP) is 11.6. The first-order chi connectivity index (χ1) is 55.2. The SMILES string of the molecule is C=C[C@]1(OC(=O)n2ccnc2)/C=C(\C)C(=O)[C@H](C)C[C@](C)(OC)[C@H](OC2O[C@H](C)C[C@H](N(C)C)[C@H]2OC(=O)c2ccccc2)[C@@H](C)C(=O)[C@@H](C)C(=O)O[C@@H]1CC.C=C[C@]12OC(=O)N(CCCCn3cnc(-c4ccc(Cl)nc4)c3C)[C@@H]1[C@@H](C)C(=O)[C@H](C)C[C@](C)(OC)[C@H](OC1O[C@H](C)C[C@H](N(C)C)[C@H]1O)[C@@H](C)C(=O)[C@@H](C)C(=O)O[C@@H]2CC. The van der Waals surface area contributed by atoms with Gasteiger partial charge in [0.05, 0.1) is 65.3 Å². The average Bonchev–Trinajstić information content (AvgIpc) is 1.57. The van der Waals surface area contributed by atoms with Gasteiger partial charge in [0.25, 0.3) is 0 Å². The maximum atomic E-state index is 14.8. The number of benzene rings is 1. The van der Waals surface area contributed by atoms with E-state index < -0.39 is 161 Å². The molecule has 117 heavy (non-hydrogen) atoms. The zero-order valence-corrected chi connectivity index (χ0v) is 72.5. The number of imidazole rings is 2. The maximum Gasteiger partial charge on any atom is 0.420 e. The summed E-state index contributed by atoms with van der Waals surface area (Å²) < 4.78 is 71.9. The van der Waals surface area contributed by atoms with Gasteiger partial charge in [0.1, 0.15) is 47.4 Å². The first-order valence-electron chi connectivity index (χ1n) is 40.5. The molecule has 4 fully saturated rings. The molecule has 0 saturated carbocycles. The molecular formula is C87H123ClN8O21. The van der Waals surface area contributed by atoms with Gasteiger partial charge in [-0.25, -0.2) is 33.9 Å². The van der Waals surface area contributed by atoms with Gasteiger partial charge in [0.2, 0.25) is 0 Å². The van der Waals surface area contributed by atoms with Crippen molar-refractivity contribution in [1.29, 1.82) is 0 Å². The molecular weight excluding hydrogens is 1530 g/mol. The Balaban J connectivity index is 0.000000293. The van der Waals surface area contributed by atoms with E-state index in [1.54, 1.807) is 123 Å². The van der Waals surface area contributed by atoms with E-state index in [0.717, 1.165) is 21.5 Å². The number of carbonyl (C=O) groups is 9. The smallest absolute Gasteiger partial charge is 0.420 e. The Labute approximate surface area is 693 Å². The Morgan fingerprint density at radius 2 is 1.25 bits per heavy atom. The number of aliphatic hydroxyl groups is 1. The number of hydrogen-bond donors (Lipinski definition) is 1. The largest absolute Gasteiger partial charge is 0.457 e. The molecule has 0 bridgehead atoms. The Bertz CT molecular complexity index is 4160. The molecule has 0 aliphatic carbocycles. The summed E-state index contributed by atoms with van der Waals surface area (Å²) in [5.41, 5.74) is -2.91. The molecule has 24 atom stereocenters. The van der Waals surface area contributed by atoms with E-state index in [1.807, 2.05) is 69.4 Å². The number of fused-ring (bicyclic) bond motifs is 1. The first kappa shape index (κ1) is 94.3. The van der Waals surface area contributed by atoms with Crippen molar-refractivity contribution in [2.24, 2.45) is 41.4 Å². The fourth-order valence-electron chi connectivity index (χ4n) is 17.4. The number of amides is 1. The van der Waals surface area contributed by atoms with Crippen LogP contribution in [0.3, 0.4) is 0 Å². The zero-order valence-electron chi connectivity index (χ0n) is 71.8. The highest BCUT2D eigenvalue weighted by molar-refractivity contribution is 6.29. The number of nitrogens with zero attached hydrogens (tertiary/aromatic N) is 8. The molecule has 644 valence electrons. The summed E-state index contributed by atoms with van der Waals surface area (Å²) in [5, 5.41) is 11.9. The van der Waals surface area contributed by atoms with Crippen LogP contribution in [0.4, 0.5) is 9.59 Å². The van der Waals surface area contributed by atoms with Crippen LogP contribution in [0.1, 0.15) is 164 Å². The number of ether oxygens (including phenoxy) is 11. The second-order valence-corrected chi connectivity index (χ2v) is 33.4. The monoisotopic (exact) mass is 1650 g/mol. The standard InChI is InChI=1S/C45H66ClN5O10.C42H57N3O11/c1-13-33-45(14-2)39(51(43(56)61-45)20-16-15-19-50-24-48-35(30(50)8)31-17-18-34(46)47-23-31)27(5)36(52)25(3)22-44(9,57-12)40(28(6)37(53)29(7)41(55)59-33)60-42-38(54)32(49(10)11)21-26(4)58-42;1-12-32-42(13-2,56-40(50)45-20-19-43-24-45)23-26(4)33(46)25(3)22-41(8,51-11)36(28(6)34(47)29(7)37(48)53-32)55-39-35(31(44(9)10)21-27(5)52-39)54-38(49)30-17-15-14-16-18-30/h14,17-18,23-29,32-33,38-40,42,54H,2,13,15-16,19-22H2,1,3-12H3;13-20,23-25,27-29,31-32,35-36,39H,2,12,21-22H2,1,3-11H3/b;26-23+/t25-,26-,27+,28+,29-,32+,33-,38-,39-,40-,42?,44+,45-;25-,27-,28+,29-,31+,32-,35-,36-,39?,41+,42+/m11/s1. The number of likely N-dealkylation sites (N-methyl/N-ethyl adjacent to an activating group) is 2. The Hall–Kier alpha value is -8.23. The number of aliphatic hydroxyl groups excluding tert-OH is 1. The van der Waals surface area contributed by atoms with Crippen LogP contribution in [0, 0.1) is 48.3 Å². The van der Waals surface area contributed by atoms with Crippen molar-refractivity contribution in [3.05, 3.63) is 127 Å². The third-order valence-electron chi connectivity index (χ3n) is 24.3. The van der Waals surface area contributed by atoms with Gasteiger partial charge < -0.3 is 71.6 Å². The summed E-state index contributed by atoms with van der Waals surface area (Å²) in [6.07, 6.45) is 3.58. The highest BCUT2D eigenvalue weighted by Gasteiger charge is 2.62. The number of methoxy groups -OCH3 is 2. The van der Waals surface area contributed by atoms with Crippen LogP contribution in [0.5, 0.6) is 0 Å². The average molecular weight is 1650 g/mol. The highest BCUT2D eigenvalue weighted by atomic mass is 35.5. The number of aryl methyl sites for hydroxylation is 1. The molecule has 9 rings (SSSR count). The lowest BCUT2D eigenvalue weighted by atomic mass is 9.72. The van der Waals surface area contributed by atoms with Crippen molar-refractivity contribution in [2.75, 3.05) is 49.0 Å². The van der Waals surface area contributed by atoms with Crippen LogP contribution in [0.15, 0.2) is 111 Å². The van der Waals surface area contributed by atoms with E-state index in [0.29, 0.717) is 42.9 Å². The minimum atomic E-state index is -1.80. The number of cyclic esters (lactones) is 2. The summed E-state index contributed by atoms with van der Waals surface area (Å²) >= 11 is 5.99. The number of pyridine rings is 1. The van der Waals surface area contributed by atoms with Crippen molar-refractivity contribution in [3.8, 4) is 11.3 Å². The number of aromatic nitrogens is 5. The zero-order chi connectivity index (χ0) is 86.7. The summed E-state index contributed by atoms with van der Waals surface area (Å²) in [7, 11) is 10.4. The third-order valence-corrected chi connectivity index (χ3v) is 24.5. The number of hydrogen-bond acceptors (Lipinski definition) is 26. The fourth-order valence-corrected chi connectivity index (χ4v) is 17.5. The van der Waals surface area contributed by atoms with Gasteiger partial charge in [-0.05, 0) is 183 Å². The van der Waals surface area contributed by atoms with E-state index in [1.165, 1.54) is 65.0 Å². The second-order valence-electron chi connectivity index (χ2n) is 33.0. The quantitative estimate of drug-likeness (QED) is 0.0202. The molecule has 4 aromatic rings. The number of allylic oxidation sites excluding steroid dienone is 1. The minimum Gasteiger partial charge on any atom is -0.457 e. The molecule has 1 amide bonds. The molecule has 5 aliphatic rings. The summed E-state index contributed by atoms with van der Waals surface area (Å²) in [6.45, 7) is 34.6. The number of halogens is 1. The molecule has 0 radical (unpaired) electrons. The fraction of sp³-hybridized carbons (Fsp3) is 0.632. The molecule has 5 aliphatic heterocycles. The van der Waals surface area contributed by atoms with Crippen LogP contribution in [0.25, 0.3) is 11.3 Å². The van der Waals surface area contributed by atoms with Gasteiger partial charge in [-0.1, -0.05) is 91.4 Å². The lowest BCUT2D eigenvalue weighted by Gasteiger charge is -2.47. The molecule has 4 saturated heterocycles. The number of esters is 3. The van der Waals surface area contributed by atoms with Crippen molar-refractivity contribution < 1.29 is 100 Å². The van der Waals surface area contributed by atoms with Gasteiger partial charge in [0, 0.05) is 92.8 Å². The molecule has 29 nitrogen and oxygen atoms in total. The number of unbranched alkanes of at least 4 members (excludes halogenated alkanes) is 1. The normalized spacial score (nSPS) is 35.0. The van der Waals surface area contributed by atoms with Crippen LogP contribution >= 0.6 is 11.6 Å². The molecule has 0 spiro atoms. The van der Waals surface area contributed by atoms with E-state index in [4.69, 9.17) is 63.7 Å². The Morgan fingerprint density at radius 3 is 1.78 bits per heavy atom. The van der Waals surface area contributed by atoms with Crippen LogP contribution in [-0.2, 0) is 87.4 Å². The third kappa shape index (κ3) is 21.0. The van der Waals surface area contributed by atoms with E-state index >= 15 is 0 Å². The molecule has 2 unspecified atom stereocenters. The summed E-state index contributed by atoms with van der Waals surface area (Å²) in [6, 6.07) is 10.6. The topological polar surface area (TPSA) is 334 Å². The minimum absolute atomic E-state index is 0.0512. The maximum absolute atomic E-state index is 14.8.